The topological polar surface area (TPSA) is 42.0 Å². The Labute approximate surface area is 135 Å². The monoisotopic (exact) mass is 332 g/mol. The third kappa shape index (κ3) is 3.18. The molecule has 6 heteroatoms. The molecule has 0 atom stereocenters. The van der Waals surface area contributed by atoms with Gasteiger partial charge in [-0.25, -0.2) is 4.98 Å². The summed E-state index contributed by atoms with van der Waals surface area (Å²) in [5.41, 5.74) is 1.58. The van der Waals surface area contributed by atoms with Gasteiger partial charge in [0.25, 0.3) is 5.91 Å². The molecule has 1 amide bonds. The molecule has 0 spiro atoms. The van der Waals surface area contributed by atoms with Crippen molar-refractivity contribution in [2.24, 2.45) is 0 Å². The van der Waals surface area contributed by atoms with E-state index in [9.17, 15) is 4.79 Å². The van der Waals surface area contributed by atoms with E-state index in [2.05, 4.69) is 10.3 Å². The largest absolute Gasteiger partial charge is 0.298 e. The zero-order valence-corrected chi connectivity index (χ0v) is 13.6. The lowest BCUT2D eigenvalue weighted by Crippen LogP contribution is -2.12. The summed E-state index contributed by atoms with van der Waals surface area (Å²) < 4.78 is 0. The molecule has 0 saturated heterocycles. The van der Waals surface area contributed by atoms with E-state index in [1.807, 2.05) is 53.4 Å². The summed E-state index contributed by atoms with van der Waals surface area (Å²) in [5.74, 6) is -0.118. The maximum atomic E-state index is 12.3. The minimum absolute atomic E-state index is 0.118. The zero-order valence-electron chi connectivity index (χ0n) is 11.2. The Morgan fingerprint density at radius 2 is 2.05 bits per heavy atom. The number of thioether (sulfide) groups is 1. The van der Waals surface area contributed by atoms with Crippen molar-refractivity contribution in [2.75, 3.05) is 11.6 Å². The predicted molar refractivity (Wildman–Crippen MR) is 91.6 cm³/mol. The first kappa shape index (κ1) is 14.3. The number of rotatable bonds is 4. The lowest BCUT2D eigenvalue weighted by atomic mass is 10.2. The van der Waals surface area contributed by atoms with Crippen molar-refractivity contribution in [1.82, 2.24) is 4.98 Å². The minimum Gasteiger partial charge on any atom is -0.298 e. The van der Waals surface area contributed by atoms with Crippen molar-refractivity contribution in [2.45, 2.75) is 4.90 Å². The predicted octanol–water partition coefficient (Wildman–Crippen LogP) is 4.85. The van der Waals surface area contributed by atoms with Crippen molar-refractivity contribution < 1.29 is 4.79 Å². The molecule has 0 fully saturated rings. The van der Waals surface area contributed by atoms with Crippen molar-refractivity contribution in [3.8, 4) is 10.6 Å². The number of hydrogen-bond donors (Lipinski definition) is 1. The van der Waals surface area contributed by atoms with Gasteiger partial charge in [0, 0.05) is 10.3 Å². The van der Waals surface area contributed by atoms with E-state index in [0.29, 0.717) is 10.7 Å². The first-order valence-corrected chi connectivity index (χ1v) is 9.20. The molecule has 1 N–H and O–H groups in total. The number of nitrogens with one attached hydrogen (secondary N) is 1. The molecule has 0 bridgehead atoms. The van der Waals surface area contributed by atoms with Gasteiger partial charge in [0.15, 0.2) is 5.13 Å². The van der Waals surface area contributed by atoms with Crippen LogP contribution in [0.5, 0.6) is 0 Å². The number of hydrogen-bond acceptors (Lipinski definition) is 5. The number of amides is 1. The second-order valence-electron chi connectivity index (χ2n) is 4.17. The van der Waals surface area contributed by atoms with Crippen LogP contribution in [0, 0.1) is 0 Å². The van der Waals surface area contributed by atoms with Crippen molar-refractivity contribution >= 4 is 45.5 Å². The highest BCUT2D eigenvalue weighted by atomic mass is 32.2. The molecule has 21 heavy (non-hydrogen) atoms. The molecule has 0 aliphatic heterocycles. The van der Waals surface area contributed by atoms with E-state index >= 15 is 0 Å². The Balaban J connectivity index is 1.79. The van der Waals surface area contributed by atoms with E-state index in [1.54, 1.807) is 23.1 Å². The van der Waals surface area contributed by atoms with Crippen LogP contribution in [0.3, 0.4) is 0 Å². The summed E-state index contributed by atoms with van der Waals surface area (Å²) in [6, 6.07) is 11.6. The quantitative estimate of drug-likeness (QED) is 0.695. The first-order valence-electron chi connectivity index (χ1n) is 6.21. The van der Waals surface area contributed by atoms with E-state index < -0.39 is 0 Å². The Hall–Kier alpha value is -1.63. The van der Waals surface area contributed by atoms with Crippen molar-refractivity contribution in [1.29, 1.82) is 0 Å². The number of carbonyl (C=O) groups is 1. The summed E-state index contributed by atoms with van der Waals surface area (Å²) >= 11 is 4.64. The normalized spacial score (nSPS) is 10.5. The molecule has 106 valence electrons. The van der Waals surface area contributed by atoms with Crippen LogP contribution in [-0.2, 0) is 0 Å². The molecule has 0 aliphatic carbocycles. The Morgan fingerprint density at radius 1 is 1.19 bits per heavy atom. The van der Waals surface area contributed by atoms with Gasteiger partial charge in [0.1, 0.15) is 0 Å². The Bertz CT molecular complexity index is 750. The Morgan fingerprint density at radius 3 is 2.81 bits per heavy atom. The number of aromatic nitrogens is 1. The van der Waals surface area contributed by atoms with Crippen LogP contribution in [-0.4, -0.2) is 17.1 Å². The van der Waals surface area contributed by atoms with Crippen molar-refractivity contribution in [3.63, 3.8) is 0 Å². The van der Waals surface area contributed by atoms with E-state index in [-0.39, 0.29) is 5.91 Å². The summed E-state index contributed by atoms with van der Waals surface area (Å²) in [6.45, 7) is 0. The highest BCUT2D eigenvalue weighted by Crippen LogP contribution is 2.29. The molecule has 3 rings (SSSR count). The van der Waals surface area contributed by atoms with Gasteiger partial charge in [-0.3, -0.25) is 10.1 Å². The number of nitrogens with zero attached hydrogens (tertiary/aromatic N) is 1. The summed E-state index contributed by atoms with van der Waals surface area (Å²) in [6.07, 6.45) is 1.96. The second kappa shape index (κ2) is 6.43. The van der Waals surface area contributed by atoms with Gasteiger partial charge in [-0.05, 0) is 29.8 Å². The molecule has 3 nitrogen and oxygen atoms in total. The van der Waals surface area contributed by atoms with Crippen LogP contribution in [0.4, 0.5) is 5.13 Å². The van der Waals surface area contributed by atoms with Gasteiger partial charge in [0.05, 0.1) is 16.1 Å². The van der Waals surface area contributed by atoms with Gasteiger partial charge in [-0.2, -0.15) is 0 Å². The lowest BCUT2D eigenvalue weighted by Gasteiger charge is -2.06. The van der Waals surface area contributed by atoms with Crippen LogP contribution in [0.1, 0.15) is 10.4 Å². The summed E-state index contributed by atoms with van der Waals surface area (Å²) in [7, 11) is 0. The Kier molecular flexibility index (Phi) is 4.38. The summed E-state index contributed by atoms with van der Waals surface area (Å²) in [5, 5.41) is 7.48. The molecule has 2 heterocycles. The summed E-state index contributed by atoms with van der Waals surface area (Å²) in [4.78, 5) is 18.9. The third-order valence-corrected chi connectivity index (χ3v) is 5.30. The molecular formula is C15H12N2OS3. The van der Waals surface area contributed by atoms with Crippen molar-refractivity contribution in [3.05, 3.63) is 52.7 Å². The van der Waals surface area contributed by atoms with Crippen LogP contribution in [0.2, 0.25) is 0 Å². The van der Waals surface area contributed by atoms with Gasteiger partial charge < -0.3 is 0 Å². The number of thiazole rings is 1. The lowest BCUT2D eigenvalue weighted by molar-refractivity contribution is 0.102. The SMILES string of the molecule is CSc1ccccc1C(=O)Nc1nc(-c2cccs2)cs1. The first-order chi connectivity index (χ1) is 10.3. The molecule has 0 radical (unpaired) electrons. The van der Waals surface area contributed by atoms with Gasteiger partial charge in [-0.15, -0.1) is 34.4 Å². The standard InChI is InChI=1S/C15H12N2OS3/c1-19-12-6-3-2-5-10(12)14(18)17-15-16-11(9-21-15)13-7-4-8-20-13/h2-9H,1H3,(H,16,17,18). The van der Waals surface area contributed by atoms with Gasteiger partial charge in [-0.1, -0.05) is 18.2 Å². The molecule has 2 aromatic heterocycles. The maximum absolute atomic E-state index is 12.3. The molecule has 0 unspecified atom stereocenters. The highest BCUT2D eigenvalue weighted by Gasteiger charge is 2.13. The van der Waals surface area contributed by atoms with Crippen LogP contribution in [0.15, 0.2) is 52.1 Å². The minimum atomic E-state index is -0.118. The van der Waals surface area contributed by atoms with Crippen LogP contribution >= 0.6 is 34.4 Å². The number of thiophene rings is 1. The van der Waals surface area contributed by atoms with E-state index in [4.69, 9.17) is 0 Å². The second-order valence-corrected chi connectivity index (χ2v) is 6.82. The average Bonchev–Trinajstić information content (AvgIpc) is 3.17. The molecule has 0 saturated carbocycles. The number of carbonyl (C=O) groups excluding carboxylic acids is 1. The average molecular weight is 332 g/mol. The van der Waals surface area contributed by atoms with Gasteiger partial charge in [0.2, 0.25) is 0 Å². The van der Waals surface area contributed by atoms with Crippen LogP contribution < -0.4 is 5.32 Å². The fourth-order valence-corrected chi connectivity index (χ4v) is 3.93. The smallest absolute Gasteiger partial charge is 0.258 e. The third-order valence-electron chi connectivity index (χ3n) is 2.85. The molecule has 1 aromatic carbocycles. The fraction of sp³-hybridized carbons (Fsp3) is 0.0667. The number of benzene rings is 1. The molecular weight excluding hydrogens is 320 g/mol. The molecule has 3 aromatic rings. The highest BCUT2D eigenvalue weighted by molar-refractivity contribution is 7.98. The van der Waals surface area contributed by atoms with Gasteiger partial charge >= 0.3 is 0 Å². The maximum Gasteiger partial charge on any atom is 0.258 e. The van der Waals surface area contributed by atoms with Crippen LogP contribution in [0.25, 0.3) is 10.6 Å². The van der Waals surface area contributed by atoms with E-state index in [0.717, 1.165) is 15.5 Å². The molecule has 0 aliphatic rings. The van der Waals surface area contributed by atoms with E-state index in [1.165, 1.54) is 11.3 Å². The zero-order chi connectivity index (χ0) is 14.7. The fourth-order valence-electron chi connectivity index (χ4n) is 1.87. The number of anilines is 1.